The van der Waals surface area contributed by atoms with Crippen molar-refractivity contribution < 1.29 is 4.79 Å². The van der Waals surface area contributed by atoms with E-state index in [1.807, 2.05) is 50.2 Å². The van der Waals surface area contributed by atoms with Crippen LogP contribution in [0.25, 0.3) is 11.4 Å². The van der Waals surface area contributed by atoms with Crippen molar-refractivity contribution in [1.82, 2.24) is 25.5 Å². The van der Waals surface area contributed by atoms with Gasteiger partial charge >= 0.3 is 0 Å². The number of rotatable bonds is 7. The van der Waals surface area contributed by atoms with Crippen LogP contribution in [0.1, 0.15) is 31.9 Å². The lowest BCUT2D eigenvalue weighted by atomic mass is 9.92. The summed E-state index contributed by atoms with van der Waals surface area (Å²) in [5.74, 6) is 0.452. The fourth-order valence-electron chi connectivity index (χ4n) is 2.80. The van der Waals surface area contributed by atoms with Crippen molar-refractivity contribution in [3.63, 3.8) is 0 Å². The maximum Gasteiger partial charge on any atom is 0.227 e. The number of carbonyl (C=O) groups excluding carboxylic acids is 1. The molecule has 1 amide bonds. The summed E-state index contributed by atoms with van der Waals surface area (Å²) in [6.07, 6.45) is 0.984. The van der Waals surface area contributed by atoms with Crippen LogP contribution < -0.4 is 5.32 Å². The Kier molecular flexibility index (Phi) is 6.09. The molecule has 0 spiro atoms. The zero-order valence-corrected chi connectivity index (χ0v) is 17.1. The van der Waals surface area contributed by atoms with Gasteiger partial charge in [0.1, 0.15) is 0 Å². The van der Waals surface area contributed by atoms with Gasteiger partial charge < -0.3 is 5.32 Å². The minimum atomic E-state index is -0.703. The van der Waals surface area contributed by atoms with E-state index in [0.717, 1.165) is 17.5 Å². The average Bonchev–Trinajstić information content (AvgIpc) is 3.15. The van der Waals surface area contributed by atoms with Gasteiger partial charge in [0.25, 0.3) is 0 Å². The number of tetrazole rings is 1. The maximum atomic E-state index is 12.7. The molecule has 0 saturated heterocycles. The predicted octanol–water partition coefficient (Wildman–Crippen LogP) is 3.90. The minimum absolute atomic E-state index is 0.0985. The summed E-state index contributed by atoms with van der Waals surface area (Å²) >= 11 is 6.15. The van der Waals surface area contributed by atoms with E-state index in [2.05, 4.69) is 39.8 Å². The molecule has 1 heterocycles. The second-order valence-electron chi connectivity index (χ2n) is 7.35. The van der Waals surface area contributed by atoms with Crippen molar-refractivity contribution in [3.8, 4) is 11.4 Å². The van der Waals surface area contributed by atoms with Gasteiger partial charge in [-0.15, -0.1) is 10.2 Å². The molecule has 0 aliphatic carbocycles. The van der Waals surface area contributed by atoms with Crippen LogP contribution in [0.3, 0.4) is 0 Å². The normalized spacial score (nSPS) is 11.4. The highest BCUT2D eigenvalue weighted by Gasteiger charge is 2.29. The van der Waals surface area contributed by atoms with Crippen LogP contribution in [-0.4, -0.2) is 26.1 Å². The van der Waals surface area contributed by atoms with Crippen LogP contribution in [0.5, 0.6) is 0 Å². The van der Waals surface area contributed by atoms with Crippen LogP contribution in [-0.2, 0) is 24.3 Å². The third-order valence-corrected chi connectivity index (χ3v) is 4.99. The molecule has 7 heteroatoms. The van der Waals surface area contributed by atoms with Gasteiger partial charge in [0.15, 0.2) is 0 Å². The predicted molar refractivity (Wildman–Crippen MR) is 110 cm³/mol. The molecule has 0 aliphatic heterocycles. The highest BCUT2D eigenvalue weighted by atomic mass is 35.5. The average molecular weight is 398 g/mol. The van der Waals surface area contributed by atoms with Gasteiger partial charge in [0.2, 0.25) is 11.7 Å². The first-order valence-corrected chi connectivity index (χ1v) is 9.65. The third kappa shape index (κ3) is 4.75. The van der Waals surface area contributed by atoms with E-state index >= 15 is 0 Å². The Bertz CT molecular complexity index is 949. The van der Waals surface area contributed by atoms with E-state index in [9.17, 15) is 4.79 Å². The lowest BCUT2D eigenvalue weighted by Crippen LogP contribution is -2.39. The van der Waals surface area contributed by atoms with Crippen LogP contribution in [0.2, 0.25) is 5.02 Å². The second-order valence-corrected chi connectivity index (χ2v) is 7.76. The number of aromatic nitrogens is 4. The summed E-state index contributed by atoms with van der Waals surface area (Å²) < 4.78 is 0. The number of hydrogen-bond acceptors (Lipinski definition) is 4. The van der Waals surface area contributed by atoms with E-state index in [-0.39, 0.29) is 5.91 Å². The highest BCUT2D eigenvalue weighted by Crippen LogP contribution is 2.20. The Labute approximate surface area is 169 Å². The molecular formula is C21H24ClN5O. The SMILES string of the molecule is CCc1ccc(-c2nnn(CC(C)(C)C(=O)NCc3ccccc3Cl)n2)cc1. The van der Waals surface area contributed by atoms with Gasteiger partial charge in [-0.25, -0.2) is 0 Å². The van der Waals surface area contributed by atoms with E-state index in [1.165, 1.54) is 10.4 Å². The van der Waals surface area contributed by atoms with E-state index in [4.69, 9.17) is 11.6 Å². The van der Waals surface area contributed by atoms with Crippen molar-refractivity contribution in [2.24, 2.45) is 5.41 Å². The van der Waals surface area contributed by atoms with Crippen molar-refractivity contribution in [1.29, 1.82) is 0 Å². The molecule has 0 fully saturated rings. The van der Waals surface area contributed by atoms with Gasteiger partial charge in [-0.05, 0) is 42.7 Å². The summed E-state index contributed by atoms with van der Waals surface area (Å²) in [6.45, 7) is 6.52. The van der Waals surface area contributed by atoms with Gasteiger partial charge in [0.05, 0.1) is 12.0 Å². The molecular weight excluding hydrogens is 374 g/mol. The van der Waals surface area contributed by atoms with Crippen LogP contribution in [0.4, 0.5) is 0 Å². The fourth-order valence-corrected chi connectivity index (χ4v) is 3.00. The number of nitrogens with zero attached hydrogens (tertiary/aromatic N) is 4. The van der Waals surface area contributed by atoms with Crippen molar-refractivity contribution in [3.05, 3.63) is 64.7 Å². The molecule has 1 N–H and O–H groups in total. The number of benzene rings is 2. The monoisotopic (exact) mass is 397 g/mol. The fraction of sp³-hybridized carbons (Fsp3) is 0.333. The Balaban J connectivity index is 1.64. The van der Waals surface area contributed by atoms with Crippen LogP contribution in [0.15, 0.2) is 48.5 Å². The zero-order valence-electron chi connectivity index (χ0n) is 16.3. The molecule has 0 radical (unpaired) electrons. The number of carbonyl (C=O) groups is 1. The number of aryl methyl sites for hydroxylation is 1. The first kappa shape index (κ1) is 20.0. The Morgan fingerprint density at radius 2 is 1.86 bits per heavy atom. The summed E-state index contributed by atoms with van der Waals surface area (Å²) in [7, 11) is 0. The van der Waals surface area contributed by atoms with Gasteiger partial charge in [-0.3, -0.25) is 4.79 Å². The number of hydrogen-bond donors (Lipinski definition) is 1. The Morgan fingerprint density at radius 3 is 2.54 bits per heavy atom. The molecule has 0 bridgehead atoms. The largest absolute Gasteiger partial charge is 0.351 e. The zero-order chi connectivity index (χ0) is 20.1. The van der Waals surface area contributed by atoms with E-state index in [0.29, 0.717) is 23.9 Å². The van der Waals surface area contributed by atoms with Gasteiger partial charge in [-0.1, -0.05) is 61.0 Å². The standard InChI is InChI=1S/C21H24ClN5O/c1-4-15-9-11-16(12-10-15)19-24-26-27(25-19)14-21(2,3)20(28)23-13-17-7-5-6-8-18(17)22/h5-12H,4,13-14H2,1-3H3,(H,23,28). The van der Waals surface area contributed by atoms with Crippen LogP contribution >= 0.6 is 11.6 Å². The molecule has 2 aromatic carbocycles. The number of halogens is 1. The summed E-state index contributed by atoms with van der Waals surface area (Å²) in [5, 5.41) is 16.2. The molecule has 0 unspecified atom stereocenters. The summed E-state index contributed by atoms with van der Waals surface area (Å²) in [5.41, 5.74) is 2.34. The molecule has 3 rings (SSSR count). The summed E-state index contributed by atoms with van der Waals surface area (Å²) in [6, 6.07) is 15.5. The number of amides is 1. The highest BCUT2D eigenvalue weighted by molar-refractivity contribution is 6.31. The van der Waals surface area contributed by atoms with Crippen molar-refractivity contribution >= 4 is 17.5 Å². The molecule has 0 saturated carbocycles. The lowest BCUT2D eigenvalue weighted by molar-refractivity contribution is -0.130. The molecule has 0 atom stereocenters. The van der Waals surface area contributed by atoms with Crippen molar-refractivity contribution in [2.75, 3.05) is 0 Å². The maximum absolute atomic E-state index is 12.7. The topological polar surface area (TPSA) is 72.7 Å². The molecule has 28 heavy (non-hydrogen) atoms. The Hall–Kier alpha value is -2.73. The first-order chi connectivity index (χ1) is 13.4. The molecule has 146 valence electrons. The first-order valence-electron chi connectivity index (χ1n) is 9.28. The summed E-state index contributed by atoms with van der Waals surface area (Å²) in [4.78, 5) is 14.1. The number of nitrogens with one attached hydrogen (secondary N) is 1. The smallest absolute Gasteiger partial charge is 0.227 e. The second kappa shape index (κ2) is 8.52. The van der Waals surface area contributed by atoms with Gasteiger partial charge in [0, 0.05) is 17.1 Å². The van der Waals surface area contributed by atoms with Crippen LogP contribution in [0, 0.1) is 5.41 Å². The molecule has 1 aromatic heterocycles. The van der Waals surface area contributed by atoms with Crippen molar-refractivity contribution in [2.45, 2.75) is 40.3 Å². The third-order valence-electron chi connectivity index (χ3n) is 4.62. The minimum Gasteiger partial charge on any atom is -0.351 e. The quantitative estimate of drug-likeness (QED) is 0.656. The molecule has 3 aromatic rings. The van der Waals surface area contributed by atoms with E-state index < -0.39 is 5.41 Å². The van der Waals surface area contributed by atoms with E-state index in [1.54, 1.807) is 0 Å². The molecule has 0 aliphatic rings. The lowest BCUT2D eigenvalue weighted by Gasteiger charge is -2.22. The molecule has 6 nitrogen and oxygen atoms in total. The Morgan fingerprint density at radius 1 is 1.14 bits per heavy atom. The van der Waals surface area contributed by atoms with Gasteiger partial charge in [-0.2, -0.15) is 4.80 Å².